The second-order valence-corrected chi connectivity index (χ2v) is 10.5. The van der Waals surface area contributed by atoms with Crippen LogP contribution < -0.4 is 5.32 Å². The molecule has 1 unspecified atom stereocenters. The molecule has 0 bridgehead atoms. The summed E-state index contributed by atoms with van der Waals surface area (Å²) < 4.78 is 11.9. The summed E-state index contributed by atoms with van der Waals surface area (Å²) in [4.78, 5) is 41.9. The molecule has 7 nitrogen and oxygen atoms in total. The number of amides is 2. The number of nitrogens with one attached hydrogen (secondary N) is 1. The van der Waals surface area contributed by atoms with Crippen LogP contribution in [0.25, 0.3) is 0 Å². The van der Waals surface area contributed by atoms with Crippen molar-refractivity contribution in [1.29, 1.82) is 0 Å². The Kier molecular flexibility index (Phi) is 19.5. The fourth-order valence-corrected chi connectivity index (χ4v) is 4.52. The van der Waals surface area contributed by atoms with Crippen molar-refractivity contribution in [3.05, 3.63) is 47.1 Å². The molecule has 7 heteroatoms. The van der Waals surface area contributed by atoms with Crippen LogP contribution in [-0.2, 0) is 23.9 Å². The Balaban J connectivity index is 0.00000781. The Bertz CT molecular complexity index is 947. The van der Waals surface area contributed by atoms with E-state index >= 15 is 0 Å². The topological polar surface area (TPSA) is 84.9 Å². The zero-order chi connectivity index (χ0) is 31.4. The average Bonchev–Trinajstić information content (AvgIpc) is 3.10. The highest BCUT2D eigenvalue weighted by Gasteiger charge is 2.37. The molecule has 0 aromatic carbocycles. The van der Waals surface area contributed by atoms with E-state index in [9.17, 15) is 14.4 Å². The summed E-state index contributed by atoms with van der Waals surface area (Å²) >= 11 is 0. The summed E-state index contributed by atoms with van der Waals surface area (Å²) in [5.74, 6) is -0.00945. The van der Waals surface area contributed by atoms with Gasteiger partial charge in [-0.1, -0.05) is 98.3 Å². The zero-order valence-electron chi connectivity index (χ0n) is 27.5. The predicted molar refractivity (Wildman–Crippen MR) is 169 cm³/mol. The number of ketones is 1. The number of carbonyl (C=O) groups is 3. The van der Waals surface area contributed by atoms with Gasteiger partial charge in [0.25, 0.3) is 11.8 Å². The van der Waals surface area contributed by atoms with Crippen molar-refractivity contribution in [3.63, 3.8) is 0 Å². The highest BCUT2D eigenvalue weighted by molar-refractivity contribution is 6.20. The molecule has 1 heterocycles. The lowest BCUT2D eigenvalue weighted by Crippen LogP contribution is -2.53. The number of unbranched alkanes of at least 4 members (excludes halogenated alkanes) is 6. The quantitative estimate of drug-likeness (QED) is 0.0962. The van der Waals surface area contributed by atoms with E-state index in [0.717, 1.165) is 63.4 Å². The van der Waals surface area contributed by atoms with Crippen molar-refractivity contribution < 1.29 is 23.9 Å². The minimum atomic E-state index is -1.04. The molecule has 0 spiro atoms. The van der Waals surface area contributed by atoms with Crippen molar-refractivity contribution in [1.82, 2.24) is 10.2 Å². The molecule has 1 rings (SSSR count). The van der Waals surface area contributed by atoms with E-state index in [1.807, 2.05) is 20.8 Å². The number of carbonyl (C=O) groups excluding carboxylic acids is 3. The SMILES string of the molecule is C=CC1=C(/C(OCCCCC)=C(\C)OC)N(CCCCC)C(=O)C(C(=O)NC(C)(CCCCC)C(C)=O)=CC1.CC. The van der Waals surface area contributed by atoms with Crippen molar-refractivity contribution in [2.24, 2.45) is 0 Å². The Hall–Kier alpha value is -2.83. The van der Waals surface area contributed by atoms with Gasteiger partial charge in [-0.2, -0.15) is 0 Å². The molecule has 0 aromatic rings. The summed E-state index contributed by atoms with van der Waals surface area (Å²) in [5, 5.41) is 2.91. The molecule has 0 radical (unpaired) electrons. The largest absolute Gasteiger partial charge is 0.497 e. The van der Waals surface area contributed by atoms with E-state index in [-0.39, 0.29) is 11.4 Å². The third-order valence-corrected chi connectivity index (χ3v) is 7.33. The predicted octanol–water partition coefficient (Wildman–Crippen LogP) is 7.93. The lowest BCUT2D eigenvalue weighted by Gasteiger charge is -2.31. The summed E-state index contributed by atoms with van der Waals surface area (Å²) in [7, 11) is 1.58. The number of nitrogens with zero attached hydrogens (tertiary/aromatic N) is 1. The molecule has 0 aliphatic carbocycles. The first-order chi connectivity index (χ1) is 19.6. The first kappa shape index (κ1) is 38.2. The van der Waals surface area contributed by atoms with Gasteiger partial charge in [0.1, 0.15) is 11.3 Å². The Labute approximate surface area is 250 Å². The molecular weight excluding hydrogens is 516 g/mol. The van der Waals surface area contributed by atoms with E-state index < -0.39 is 17.4 Å². The normalized spacial score (nSPS) is 15.5. The Morgan fingerprint density at radius 2 is 1.61 bits per heavy atom. The van der Waals surface area contributed by atoms with E-state index in [1.165, 1.54) is 6.92 Å². The molecule has 1 aliphatic rings. The van der Waals surface area contributed by atoms with E-state index in [4.69, 9.17) is 9.47 Å². The minimum absolute atomic E-state index is 0.0317. The Morgan fingerprint density at radius 1 is 1.02 bits per heavy atom. The van der Waals surface area contributed by atoms with E-state index in [1.54, 1.807) is 31.1 Å². The van der Waals surface area contributed by atoms with Crippen LogP contribution in [0, 0.1) is 0 Å². The molecule has 1 atom stereocenters. The highest BCUT2D eigenvalue weighted by atomic mass is 16.5. The second kappa shape index (κ2) is 21.0. The highest BCUT2D eigenvalue weighted by Crippen LogP contribution is 2.32. The van der Waals surface area contributed by atoms with Crippen LogP contribution >= 0.6 is 0 Å². The Morgan fingerprint density at radius 3 is 2.15 bits per heavy atom. The number of rotatable bonds is 19. The summed E-state index contributed by atoms with van der Waals surface area (Å²) in [5.41, 5.74) is 0.369. The molecule has 234 valence electrons. The number of Topliss-reactive ketones (excluding diaryl/α,β-unsaturated/α-hetero) is 1. The molecule has 0 saturated heterocycles. The molecule has 0 aromatic heterocycles. The van der Waals surface area contributed by atoms with Crippen LogP contribution in [0.2, 0.25) is 0 Å². The van der Waals surface area contributed by atoms with E-state index in [2.05, 4.69) is 32.7 Å². The van der Waals surface area contributed by atoms with Crippen molar-refractivity contribution >= 4 is 17.6 Å². The van der Waals surface area contributed by atoms with Gasteiger partial charge < -0.3 is 19.7 Å². The van der Waals surface area contributed by atoms with Crippen LogP contribution in [0.5, 0.6) is 0 Å². The molecule has 41 heavy (non-hydrogen) atoms. The van der Waals surface area contributed by atoms with Gasteiger partial charge in [0.15, 0.2) is 11.5 Å². The third kappa shape index (κ3) is 11.9. The molecule has 1 N–H and O–H groups in total. The summed E-state index contributed by atoms with van der Waals surface area (Å²) in [6.07, 6.45) is 12.7. The first-order valence-electron chi connectivity index (χ1n) is 15.7. The van der Waals surface area contributed by atoms with E-state index in [0.29, 0.717) is 43.2 Å². The van der Waals surface area contributed by atoms with Gasteiger partial charge in [0.05, 0.1) is 25.0 Å². The lowest BCUT2D eigenvalue weighted by molar-refractivity contribution is -0.132. The number of methoxy groups -OCH3 is 1. The molecule has 0 saturated carbocycles. The van der Waals surface area contributed by atoms with Crippen LogP contribution in [0.3, 0.4) is 0 Å². The number of hydrogen-bond donors (Lipinski definition) is 1. The van der Waals surface area contributed by atoms with Gasteiger partial charge in [-0.25, -0.2) is 0 Å². The van der Waals surface area contributed by atoms with Crippen molar-refractivity contribution in [3.8, 4) is 0 Å². The monoisotopic (exact) mass is 574 g/mol. The summed E-state index contributed by atoms with van der Waals surface area (Å²) in [6, 6.07) is 0. The number of hydrogen-bond acceptors (Lipinski definition) is 5. The van der Waals surface area contributed by atoms with Gasteiger partial charge in [0, 0.05) is 6.54 Å². The standard InChI is InChI=1S/C32H52N2O5.C2H6/c1-9-13-16-21-32(7,25(6)35)33-30(36)27-20-19-26(12-4)28(34(31(27)37)22-17-14-10-2)29(24(5)38-8)39-23-18-15-11-3;1-2/h12,20H,4,9-11,13-19,21-23H2,1-3,5-8H3,(H,33,36);1-2H3/b29-24-;. The first-order valence-corrected chi connectivity index (χ1v) is 15.7. The zero-order valence-corrected chi connectivity index (χ0v) is 27.5. The van der Waals surface area contributed by atoms with Gasteiger partial charge in [-0.05, 0) is 52.0 Å². The van der Waals surface area contributed by atoms with Crippen LogP contribution in [-0.4, -0.2) is 48.3 Å². The van der Waals surface area contributed by atoms with Crippen LogP contribution in [0.4, 0.5) is 0 Å². The molecule has 2 amide bonds. The maximum Gasteiger partial charge on any atom is 0.263 e. The van der Waals surface area contributed by atoms with Gasteiger partial charge in [0.2, 0.25) is 0 Å². The van der Waals surface area contributed by atoms with Crippen molar-refractivity contribution in [2.75, 3.05) is 20.3 Å². The average molecular weight is 575 g/mol. The molecular formula is C34H58N2O5. The number of ether oxygens (including phenoxy) is 2. The van der Waals surface area contributed by atoms with Crippen molar-refractivity contribution in [2.45, 2.75) is 132 Å². The van der Waals surface area contributed by atoms with Gasteiger partial charge >= 0.3 is 0 Å². The fourth-order valence-electron chi connectivity index (χ4n) is 4.52. The molecule has 0 fully saturated rings. The maximum absolute atomic E-state index is 14.1. The molecule has 1 aliphatic heterocycles. The third-order valence-electron chi connectivity index (χ3n) is 7.33. The maximum atomic E-state index is 14.1. The fraction of sp³-hybridized carbons (Fsp3) is 0.676. The lowest BCUT2D eigenvalue weighted by atomic mass is 9.90. The van der Waals surface area contributed by atoms with Crippen LogP contribution in [0.15, 0.2) is 47.1 Å². The number of allylic oxidation sites excluding steroid dienone is 4. The van der Waals surface area contributed by atoms with Gasteiger partial charge in [-0.15, -0.1) is 0 Å². The smallest absolute Gasteiger partial charge is 0.263 e. The second-order valence-electron chi connectivity index (χ2n) is 10.5. The summed E-state index contributed by atoms with van der Waals surface area (Å²) in [6.45, 7) is 20.3. The van der Waals surface area contributed by atoms with Gasteiger partial charge in [-0.3, -0.25) is 14.4 Å². The minimum Gasteiger partial charge on any atom is -0.497 e. The van der Waals surface area contributed by atoms with Crippen LogP contribution in [0.1, 0.15) is 126 Å².